The first-order valence-corrected chi connectivity index (χ1v) is 12.8. The van der Waals surface area contributed by atoms with Crippen molar-refractivity contribution < 1.29 is 41.8 Å². The van der Waals surface area contributed by atoms with Crippen molar-refractivity contribution in [1.82, 2.24) is 15.8 Å². The van der Waals surface area contributed by atoms with Gasteiger partial charge in [-0.3, -0.25) is 9.59 Å². The number of ether oxygens (including phenoxy) is 3. The number of hydrogen-bond acceptors (Lipinski definition) is 7. The summed E-state index contributed by atoms with van der Waals surface area (Å²) in [6.45, 7) is 5.70. The molecule has 214 valence electrons. The standard InChI is InChI=1S/C27H29F3N4O6/c1-25(2,3)40-24(37)31-13-18-10-11-26-21(39-18)14-38-20-9-8-17(12-19(20)23(36)34(26)33-26)32-22(35)15-4-6-16(7-5-15)27(28,29)30/h4-9,12,18,21,33H,10-11,13-14H2,1-3H3,(H,31,37)(H,32,35)/t18-,21-,26-,34?/m0/s1. The zero-order chi connectivity index (χ0) is 28.9. The van der Waals surface area contributed by atoms with Crippen molar-refractivity contribution >= 4 is 23.6 Å². The van der Waals surface area contributed by atoms with Crippen molar-refractivity contribution in [2.75, 3.05) is 18.5 Å². The lowest BCUT2D eigenvalue weighted by Gasteiger charge is -2.36. The Hall–Kier alpha value is -3.84. The second-order valence-corrected chi connectivity index (χ2v) is 10.9. The molecule has 3 aliphatic rings. The van der Waals surface area contributed by atoms with Crippen molar-refractivity contribution in [3.05, 3.63) is 59.2 Å². The van der Waals surface area contributed by atoms with E-state index < -0.39 is 41.1 Å². The number of fused-ring (bicyclic) bond motifs is 1. The van der Waals surface area contributed by atoms with E-state index >= 15 is 0 Å². The van der Waals surface area contributed by atoms with Gasteiger partial charge in [0.2, 0.25) is 0 Å². The van der Waals surface area contributed by atoms with Crippen molar-refractivity contribution in [3.63, 3.8) is 0 Å². The van der Waals surface area contributed by atoms with Crippen LogP contribution < -0.4 is 20.8 Å². The van der Waals surface area contributed by atoms with Crippen molar-refractivity contribution in [1.29, 1.82) is 0 Å². The quantitative estimate of drug-likeness (QED) is 0.479. The number of hydrazine groups is 1. The molecule has 3 N–H and O–H groups in total. The van der Waals surface area contributed by atoms with Crippen LogP contribution in [0.4, 0.5) is 23.7 Å². The predicted molar refractivity (Wildman–Crippen MR) is 136 cm³/mol. The number of nitrogens with zero attached hydrogens (tertiary/aromatic N) is 1. The fraction of sp³-hybridized carbons (Fsp3) is 0.444. The fourth-order valence-corrected chi connectivity index (χ4v) is 4.78. The molecule has 1 spiro atoms. The van der Waals surface area contributed by atoms with Gasteiger partial charge < -0.3 is 24.8 Å². The number of alkyl carbamates (subject to hydrolysis) is 1. The third-order valence-electron chi connectivity index (χ3n) is 6.80. The third kappa shape index (κ3) is 5.70. The molecule has 2 fully saturated rings. The van der Waals surface area contributed by atoms with Gasteiger partial charge in [0.25, 0.3) is 11.8 Å². The molecule has 0 aliphatic carbocycles. The third-order valence-corrected chi connectivity index (χ3v) is 6.80. The van der Waals surface area contributed by atoms with Gasteiger partial charge in [-0.1, -0.05) is 0 Å². The van der Waals surface area contributed by atoms with Crippen molar-refractivity contribution in [2.24, 2.45) is 0 Å². The van der Waals surface area contributed by atoms with E-state index in [-0.39, 0.29) is 47.7 Å². The molecule has 10 nitrogen and oxygen atoms in total. The fourth-order valence-electron chi connectivity index (χ4n) is 4.78. The first-order valence-electron chi connectivity index (χ1n) is 12.8. The van der Waals surface area contributed by atoms with Crippen LogP contribution >= 0.6 is 0 Å². The minimum absolute atomic E-state index is 0.0341. The summed E-state index contributed by atoms with van der Waals surface area (Å²) in [5.74, 6) is -0.710. The van der Waals surface area contributed by atoms with Crippen LogP contribution in [-0.2, 0) is 15.7 Å². The molecular formula is C27H29F3N4O6. The Morgan fingerprint density at radius 2 is 1.88 bits per heavy atom. The first-order chi connectivity index (χ1) is 18.7. The lowest BCUT2D eigenvalue weighted by atomic mass is 9.94. The number of benzene rings is 2. The summed E-state index contributed by atoms with van der Waals surface area (Å²) in [5, 5.41) is 6.81. The number of rotatable bonds is 4. The number of amides is 3. The number of alkyl halides is 3. The molecule has 2 aromatic carbocycles. The molecule has 13 heteroatoms. The SMILES string of the molecule is CC(C)(C)OC(=O)NC[C@@H]1CC[C@]23NN2C(=O)c2cc(NC(=O)c4ccc(C(F)(F)F)cc4)ccc2OC[C@@H]3O1. The Labute approximate surface area is 228 Å². The van der Waals surface area contributed by atoms with E-state index in [1.165, 1.54) is 23.2 Å². The van der Waals surface area contributed by atoms with Gasteiger partial charge in [-0.15, -0.1) is 0 Å². The topological polar surface area (TPSA) is 128 Å². The molecule has 0 bridgehead atoms. The maximum absolute atomic E-state index is 13.4. The van der Waals surface area contributed by atoms with E-state index in [1.54, 1.807) is 20.8 Å². The van der Waals surface area contributed by atoms with E-state index in [1.807, 2.05) is 0 Å². The van der Waals surface area contributed by atoms with Gasteiger partial charge in [0.1, 0.15) is 24.1 Å². The van der Waals surface area contributed by atoms with Gasteiger partial charge in [-0.05, 0) is 76.1 Å². The molecular weight excluding hydrogens is 533 g/mol. The second kappa shape index (κ2) is 9.97. The molecule has 0 radical (unpaired) electrons. The van der Waals surface area contributed by atoms with E-state index in [4.69, 9.17) is 14.2 Å². The molecule has 3 aliphatic heterocycles. The maximum Gasteiger partial charge on any atom is 0.416 e. The molecule has 3 heterocycles. The highest BCUT2D eigenvalue weighted by atomic mass is 19.4. The Morgan fingerprint density at radius 3 is 2.55 bits per heavy atom. The van der Waals surface area contributed by atoms with E-state index in [2.05, 4.69) is 16.1 Å². The highest BCUT2D eigenvalue weighted by molar-refractivity contribution is 6.06. The Kier molecular flexibility index (Phi) is 6.91. The first kappa shape index (κ1) is 27.7. The lowest BCUT2D eigenvalue weighted by Crippen LogP contribution is -2.52. The molecule has 2 saturated heterocycles. The lowest BCUT2D eigenvalue weighted by molar-refractivity contribution is -0.137. The average Bonchev–Trinajstić information content (AvgIpc) is 3.59. The van der Waals surface area contributed by atoms with Crippen LogP contribution in [0.25, 0.3) is 0 Å². The molecule has 5 rings (SSSR count). The number of halogens is 3. The number of carbonyl (C=O) groups excluding carboxylic acids is 3. The zero-order valence-electron chi connectivity index (χ0n) is 22.1. The molecule has 0 saturated carbocycles. The minimum Gasteiger partial charge on any atom is -0.490 e. The summed E-state index contributed by atoms with van der Waals surface area (Å²) in [6, 6.07) is 8.37. The van der Waals surface area contributed by atoms with Crippen LogP contribution in [0.3, 0.4) is 0 Å². The second-order valence-electron chi connectivity index (χ2n) is 10.9. The minimum atomic E-state index is -4.51. The summed E-state index contributed by atoms with van der Waals surface area (Å²) >= 11 is 0. The summed E-state index contributed by atoms with van der Waals surface area (Å²) < 4.78 is 55.8. The number of nitrogens with one attached hydrogen (secondary N) is 3. The number of anilines is 1. The zero-order valence-corrected chi connectivity index (χ0v) is 22.1. The van der Waals surface area contributed by atoms with Gasteiger partial charge in [-0.25, -0.2) is 15.2 Å². The summed E-state index contributed by atoms with van der Waals surface area (Å²) in [5.41, 5.74) is 1.42. The van der Waals surface area contributed by atoms with E-state index in [9.17, 15) is 27.6 Å². The molecule has 2 aromatic rings. The molecule has 3 amide bonds. The van der Waals surface area contributed by atoms with Crippen LogP contribution in [0.5, 0.6) is 5.75 Å². The van der Waals surface area contributed by atoms with Gasteiger partial charge >= 0.3 is 12.3 Å². The number of hydrogen-bond donors (Lipinski definition) is 3. The Bertz CT molecular complexity index is 1330. The summed E-state index contributed by atoms with van der Waals surface area (Å²) in [6.07, 6.45) is -4.71. The maximum atomic E-state index is 13.4. The largest absolute Gasteiger partial charge is 0.490 e. The monoisotopic (exact) mass is 562 g/mol. The van der Waals surface area contributed by atoms with Crippen LogP contribution in [0.1, 0.15) is 59.9 Å². The Balaban J connectivity index is 1.24. The normalized spacial score (nSPS) is 23.9. The van der Waals surface area contributed by atoms with Gasteiger partial charge in [0.15, 0.2) is 5.66 Å². The van der Waals surface area contributed by atoms with E-state index in [0.29, 0.717) is 12.8 Å². The molecule has 0 aromatic heterocycles. The Morgan fingerprint density at radius 1 is 1.15 bits per heavy atom. The van der Waals surface area contributed by atoms with Crippen LogP contribution in [0.15, 0.2) is 42.5 Å². The average molecular weight is 563 g/mol. The number of carbonyl (C=O) groups is 3. The van der Waals surface area contributed by atoms with Crippen LogP contribution in [-0.4, -0.2) is 59.5 Å². The van der Waals surface area contributed by atoms with Crippen molar-refractivity contribution in [3.8, 4) is 5.75 Å². The molecule has 0 unspecified atom stereocenters. The van der Waals surface area contributed by atoms with Crippen molar-refractivity contribution in [2.45, 2.75) is 63.3 Å². The highest BCUT2D eigenvalue weighted by Crippen LogP contribution is 2.44. The van der Waals surface area contributed by atoms with Crippen LogP contribution in [0, 0.1) is 0 Å². The van der Waals surface area contributed by atoms with Gasteiger partial charge in [0, 0.05) is 17.8 Å². The molecule has 40 heavy (non-hydrogen) atoms. The van der Waals surface area contributed by atoms with Gasteiger partial charge in [0.05, 0.1) is 17.2 Å². The summed E-state index contributed by atoms with van der Waals surface area (Å²) in [4.78, 5) is 38.0. The molecule has 3 atom stereocenters. The van der Waals surface area contributed by atoms with Gasteiger partial charge in [-0.2, -0.15) is 13.2 Å². The van der Waals surface area contributed by atoms with Crippen LogP contribution in [0.2, 0.25) is 0 Å². The predicted octanol–water partition coefficient (Wildman–Crippen LogP) is 4.08. The smallest absolute Gasteiger partial charge is 0.416 e. The highest BCUT2D eigenvalue weighted by Gasteiger charge is 2.64. The van der Waals surface area contributed by atoms with E-state index in [0.717, 1.165) is 24.3 Å². The summed E-state index contributed by atoms with van der Waals surface area (Å²) in [7, 11) is 0.